The number of ether oxygens (including phenoxy) is 1. The van der Waals surface area contributed by atoms with Crippen molar-refractivity contribution in [2.75, 3.05) is 18.9 Å². The molecular weight excluding hydrogens is 464 g/mol. The average molecular weight is 489 g/mol. The standard InChI is InChI=1S/C27H25ClN4O3/c28-24-15-19(7-11-25(24)33)27(34)32-31-17-20-8-12-26(23-4-2-1-3-22(20)23)35-14-13-30-16-18-5-9-21(29)10-6-18/h1-12,15,17,30,33H,13-14,16,29H2,(H,32,34). The summed E-state index contributed by atoms with van der Waals surface area (Å²) >= 11 is 5.87. The van der Waals surface area contributed by atoms with Crippen LogP contribution in [0.15, 0.2) is 84.0 Å². The van der Waals surface area contributed by atoms with Gasteiger partial charge in [0.2, 0.25) is 0 Å². The van der Waals surface area contributed by atoms with E-state index in [9.17, 15) is 9.90 Å². The van der Waals surface area contributed by atoms with Gasteiger partial charge in [0.1, 0.15) is 18.1 Å². The maximum absolute atomic E-state index is 12.3. The van der Waals surface area contributed by atoms with Crippen molar-refractivity contribution in [3.05, 3.63) is 101 Å². The van der Waals surface area contributed by atoms with Crippen LogP contribution < -0.4 is 21.2 Å². The van der Waals surface area contributed by atoms with E-state index in [1.54, 1.807) is 6.21 Å². The molecule has 4 aromatic rings. The molecule has 0 aliphatic carbocycles. The Hall–Kier alpha value is -4.07. The van der Waals surface area contributed by atoms with Crippen molar-refractivity contribution in [2.45, 2.75) is 6.54 Å². The molecule has 4 rings (SSSR count). The van der Waals surface area contributed by atoms with Crippen LogP contribution in [0.5, 0.6) is 11.5 Å². The van der Waals surface area contributed by atoms with E-state index < -0.39 is 5.91 Å². The van der Waals surface area contributed by atoms with E-state index in [4.69, 9.17) is 22.1 Å². The van der Waals surface area contributed by atoms with Gasteiger partial charge in [-0.25, -0.2) is 5.43 Å². The van der Waals surface area contributed by atoms with Gasteiger partial charge in [0.05, 0.1) is 11.2 Å². The highest BCUT2D eigenvalue weighted by Crippen LogP contribution is 2.28. The molecule has 0 saturated heterocycles. The summed E-state index contributed by atoms with van der Waals surface area (Å²) in [4.78, 5) is 12.3. The molecule has 0 saturated carbocycles. The minimum Gasteiger partial charge on any atom is -0.506 e. The molecule has 1 amide bonds. The van der Waals surface area contributed by atoms with Crippen LogP contribution in [0.25, 0.3) is 10.8 Å². The Bertz CT molecular complexity index is 1360. The Kier molecular flexibility index (Phi) is 7.82. The highest BCUT2D eigenvalue weighted by molar-refractivity contribution is 6.32. The van der Waals surface area contributed by atoms with Crippen molar-refractivity contribution in [2.24, 2.45) is 5.10 Å². The number of hydrogen-bond donors (Lipinski definition) is 4. The summed E-state index contributed by atoms with van der Waals surface area (Å²) in [6.45, 7) is 1.94. The molecule has 0 aromatic heterocycles. The van der Waals surface area contributed by atoms with Crippen molar-refractivity contribution in [3.8, 4) is 11.5 Å². The highest BCUT2D eigenvalue weighted by atomic mass is 35.5. The third-order valence-corrected chi connectivity index (χ3v) is 5.65. The van der Waals surface area contributed by atoms with Crippen LogP contribution in [-0.2, 0) is 6.54 Å². The lowest BCUT2D eigenvalue weighted by Crippen LogP contribution is -2.20. The molecule has 0 bridgehead atoms. The Balaban J connectivity index is 1.36. The van der Waals surface area contributed by atoms with Gasteiger partial charge in [-0.1, -0.05) is 48.0 Å². The molecular formula is C27H25ClN4O3. The number of hydrazone groups is 1. The van der Waals surface area contributed by atoms with Crippen LogP contribution >= 0.6 is 11.6 Å². The zero-order valence-corrected chi connectivity index (χ0v) is 19.6. The van der Waals surface area contributed by atoms with E-state index in [1.165, 1.54) is 18.2 Å². The number of rotatable bonds is 9. The first-order valence-corrected chi connectivity index (χ1v) is 11.4. The fourth-order valence-electron chi connectivity index (χ4n) is 3.51. The van der Waals surface area contributed by atoms with Crippen molar-refractivity contribution in [3.63, 3.8) is 0 Å². The van der Waals surface area contributed by atoms with Crippen LogP contribution in [0.1, 0.15) is 21.5 Å². The predicted octanol–water partition coefficient (Wildman–Crippen LogP) is 4.71. The SMILES string of the molecule is Nc1ccc(CNCCOc2ccc(C=NNC(=O)c3ccc(O)c(Cl)c3)c3ccccc23)cc1. The van der Waals surface area contributed by atoms with Crippen molar-refractivity contribution < 1.29 is 14.6 Å². The van der Waals surface area contributed by atoms with Gasteiger partial charge in [0.25, 0.3) is 5.91 Å². The normalized spacial score (nSPS) is 11.1. The first-order chi connectivity index (χ1) is 17.0. The minimum atomic E-state index is -0.432. The average Bonchev–Trinajstić information content (AvgIpc) is 2.87. The van der Waals surface area contributed by atoms with Crippen LogP contribution in [-0.4, -0.2) is 30.4 Å². The molecule has 35 heavy (non-hydrogen) atoms. The van der Waals surface area contributed by atoms with Crippen molar-refractivity contribution in [1.82, 2.24) is 10.7 Å². The van der Waals surface area contributed by atoms with E-state index in [2.05, 4.69) is 15.8 Å². The quantitative estimate of drug-likeness (QED) is 0.118. The van der Waals surface area contributed by atoms with Gasteiger partial charge in [-0.15, -0.1) is 0 Å². The molecule has 4 aromatic carbocycles. The van der Waals surface area contributed by atoms with E-state index in [0.717, 1.165) is 39.9 Å². The van der Waals surface area contributed by atoms with Gasteiger partial charge in [0.15, 0.2) is 0 Å². The number of hydrogen-bond acceptors (Lipinski definition) is 6. The minimum absolute atomic E-state index is 0.0851. The number of nitrogen functional groups attached to an aromatic ring is 1. The predicted molar refractivity (Wildman–Crippen MR) is 140 cm³/mol. The molecule has 0 heterocycles. The largest absolute Gasteiger partial charge is 0.506 e. The summed E-state index contributed by atoms with van der Waals surface area (Å²) in [5.41, 5.74) is 11.2. The molecule has 7 nitrogen and oxygen atoms in total. The smallest absolute Gasteiger partial charge is 0.271 e. The van der Waals surface area contributed by atoms with E-state index in [0.29, 0.717) is 18.7 Å². The monoisotopic (exact) mass is 488 g/mol. The number of carbonyl (C=O) groups is 1. The zero-order chi connectivity index (χ0) is 24.6. The molecule has 0 aliphatic rings. The molecule has 0 aliphatic heterocycles. The first-order valence-electron chi connectivity index (χ1n) is 11.0. The Morgan fingerprint density at radius 1 is 1.03 bits per heavy atom. The van der Waals surface area contributed by atoms with Gasteiger partial charge < -0.3 is 20.9 Å². The molecule has 0 unspecified atom stereocenters. The van der Waals surface area contributed by atoms with E-state index in [1.807, 2.05) is 60.7 Å². The molecule has 0 spiro atoms. The maximum Gasteiger partial charge on any atom is 0.271 e. The maximum atomic E-state index is 12.3. The third kappa shape index (κ3) is 6.29. The van der Waals surface area contributed by atoms with Crippen molar-refractivity contribution in [1.29, 1.82) is 0 Å². The van der Waals surface area contributed by atoms with Gasteiger partial charge in [0, 0.05) is 35.3 Å². The summed E-state index contributed by atoms with van der Waals surface area (Å²) in [5.74, 6) is 0.256. The number of carbonyl (C=O) groups excluding carboxylic acids is 1. The second kappa shape index (κ2) is 11.4. The second-order valence-electron chi connectivity index (χ2n) is 7.83. The number of nitrogens with one attached hydrogen (secondary N) is 2. The summed E-state index contributed by atoms with van der Waals surface area (Å²) in [6.07, 6.45) is 1.58. The lowest BCUT2D eigenvalue weighted by molar-refractivity contribution is 0.0955. The Morgan fingerprint density at radius 3 is 2.57 bits per heavy atom. The van der Waals surface area contributed by atoms with Gasteiger partial charge in [-0.2, -0.15) is 5.10 Å². The number of nitrogens with two attached hydrogens (primary N) is 1. The van der Waals surface area contributed by atoms with Crippen LogP contribution in [0.4, 0.5) is 5.69 Å². The summed E-state index contributed by atoms with van der Waals surface area (Å²) in [5, 5.41) is 18.9. The van der Waals surface area contributed by atoms with Crippen molar-refractivity contribution >= 4 is 40.2 Å². The van der Waals surface area contributed by atoms with E-state index >= 15 is 0 Å². The fraction of sp³-hybridized carbons (Fsp3) is 0.111. The number of anilines is 1. The van der Waals surface area contributed by atoms with Crippen LogP contribution in [0.2, 0.25) is 5.02 Å². The molecule has 0 fully saturated rings. The first kappa shape index (κ1) is 24.1. The number of nitrogens with zero attached hydrogens (tertiary/aromatic N) is 1. The number of phenols is 1. The molecule has 178 valence electrons. The summed E-state index contributed by atoms with van der Waals surface area (Å²) < 4.78 is 6.02. The topological polar surface area (TPSA) is 109 Å². The molecule has 0 radical (unpaired) electrons. The molecule has 5 N–H and O–H groups in total. The fourth-order valence-corrected chi connectivity index (χ4v) is 3.69. The van der Waals surface area contributed by atoms with Crippen LogP contribution in [0.3, 0.4) is 0 Å². The molecule has 0 atom stereocenters. The van der Waals surface area contributed by atoms with Gasteiger partial charge >= 0.3 is 0 Å². The number of halogens is 1. The lowest BCUT2D eigenvalue weighted by Gasteiger charge is -2.12. The molecule has 8 heteroatoms. The van der Waals surface area contributed by atoms with E-state index in [-0.39, 0.29) is 10.8 Å². The lowest BCUT2D eigenvalue weighted by atomic mass is 10.0. The Morgan fingerprint density at radius 2 is 1.80 bits per heavy atom. The number of aromatic hydroxyl groups is 1. The number of benzene rings is 4. The summed E-state index contributed by atoms with van der Waals surface area (Å²) in [6, 6.07) is 23.6. The number of amides is 1. The van der Waals surface area contributed by atoms with Gasteiger partial charge in [-0.3, -0.25) is 4.79 Å². The highest BCUT2D eigenvalue weighted by Gasteiger charge is 2.08. The number of fused-ring (bicyclic) bond motifs is 1. The third-order valence-electron chi connectivity index (χ3n) is 5.34. The van der Waals surface area contributed by atoms with Gasteiger partial charge in [-0.05, 0) is 53.4 Å². The second-order valence-corrected chi connectivity index (χ2v) is 8.24. The Labute approximate surface area is 208 Å². The zero-order valence-electron chi connectivity index (χ0n) is 18.9. The number of phenolic OH excluding ortho intramolecular Hbond substituents is 1. The van der Waals surface area contributed by atoms with Crippen LogP contribution in [0, 0.1) is 0 Å². The summed E-state index contributed by atoms with van der Waals surface area (Å²) in [7, 11) is 0.